The average molecular weight is 234 g/mol. The van der Waals surface area contributed by atoms with Crippen LogP contribution in [0.4, 0.5) is 0 Å². The van der Waals surface area contributed by atoms with Crippen LogP contribution in [0, 0.1) is 0 Å². The summed E-state index contributed by atoms with van der Waals surface area (Å²) in [6.45, 7) is -0.0765. The van der Waals surface area contributed by atoms with Gasteiger partial charge in [-0.05, 0) is 12.8 Å². The molecule has 0 aromatic rings. The maximum atomic E-state index is 11.0. The summed E-state index contributed by atoms with van der Waals surface area (Å²) in [5, 5.41) is 16.7. The molecule has 0 amide bonds. The molecule has 0 aromatic heterocycles. The molecule has 0 rings (SSSR count). The number of aliphatic carboxylic acids is 1. The molecule has 0 spiro atoms. The third kappa shape index (κ3) is 10.9. The van der Waals surface area contributed by atoms with Gasteiger partial charge in [0.05, 0.1) is 6.61 Å². The predicted octanol–water partition coefficient (Wildman–Crippen LogP) is 0.183. The third-order valence-corrected chi connectivity index (χ3v) is 1.76. The molecule has 16 heavy (non-hydrogen) atoms. The van der Waals surface area contributed by atoms with Crippen LogP contribution >= 0.6 is 0 Å². The number of aliphatic hydroxyl groups excluding tert-OH is 1. The van der Waals surface area contributed by atoms with Crippen molar-refractivity contribution < 1.29 is 29.3 Å². The molecule has 0 unspecified atom stereocenters. The lowest BCUT2D eigenvalue weighted by Crippen LogP contribution is -2.14. The van der Waals surface area contributed by atoms with Gasteiger partial charge in [0, 0.05) is 13.0 Å². The molecule has 0 aromatic carbocycles. The normalized spacial score (nSPS) is 10.1. The number of hydrogen-bond donors (Lipinski definition) is 2. The first kappa shape index (κ1) is 14.9. The van der Waals surface area contributed by atoms with Crippen molar-refractivity contribution in [3.05, 3.63) is 0 Å². The minimum absolute atomic E-state index is 0.0755. The summed E-state index contributed by atoms with van der Waals surface area (Å²) in [5.74, 6) is -1.37. The Morgan fingerprint density at radius 3 is 2.44 bits per heavy atom. The second kappa shape index (κ2) is 10.4. The quantitative estimate of drug-likeness (QED) is 0.414. The molecule has 0 radical (unpaired) electrons. The molecular weight excluding hydrogens is 216 g/mol. The van der Waals surface area contributed by atoms with Crippen LogP contribution in [-0.4, -0.2) is 48.6 Å². The lowest BCUT2D eigenvalue weighted by molar-refractivity contribution is -0.147. The van der Waals surface area contributed by atoms with Crippen LogP contribution in [0.5, 0.6) is 0 Å². The average Bonchev–Trinajstić information content (AvgIpc) is 2.23. The fourth-order valence-corrected chi connectivity index (χ4v) is 1.00. The van der Waals surface area contributed by atoms with E-state index in [-0.39, 0.29) is 32.4 Å². The lowest BCUT2D eigenvalue weighted by atomic mass is 10.2. The predicted molar refractivity (Wildman–Crippen MR) is 55.0 cm³/mol. The fourth-order valence-electron chi connectivity index (χ4n) is 1.00. The van der Waals surface area contributed by atoms with E-state index in [4.69, 9.17) is 14.9 Å². The standard InChI is InChI=1S/C10H18O6/c11-5-3-1-2-4-10(14)16-7-6-15-8-9(12)13/h11H,1-8H2,(H,12,13). The van der Waals surface area contributed by atoms with Gasteiger partial charge < -0.3 is 19.7 Å². The topological polar surface area (TPSA) is 93.1 Å². The first-order chi connectivity index (χ1) is 7.66. The second-order valence-corrected chi connectivity index (χ2v) is 3.20. The van der Waals surface area contributed by atoms with Gasteiger partial charge in [0.25, 0.3) is 0 Å². The summed E-state index contributed by atoms with van der Waals surface area (Å²) in [4.78, 5) is 21.1. The van der Waals surface area contributed by atoms with E-state index >= 15 is 0 Å². The smallest absolute Gasteiger partial charge is 0.329 e. The molecule has 0 saturated heterocycles. The number of rotatable bonds is 10. The van der Waals surface area contributed by atoms with Gasteiger partial charge in [-0.1, -0.05) is 6.42 Å². The lowest BCUT2D eigenvalue weighted by Gasteiger charge is -2.04. The molecule has 0 heterocycles. The van der Waals surface area contributed by atoms with Crippen LogP contribution in [0.1, 0.15) is 25.7 Å². The molecule has 0 atom stereocenters. The maximum absolute atomic E-state index is 11.0. The summed E-state index contributed by atoms with van der Waals surface area (Å²) < 4.78 is 9.46. The van der Waals surface area contributed by atoms with Crippen LogP contribution in [-0.2, 0) is 19.1 Å². The number of carboxylic acid groups (broad SMARTS) is 1. The number of carboxylic acids is 1. The van der Waals surface area contributed by atoms with Gasteiger partial charge in [-0.2, -0.15) is 0 Å². The van der Waals surface area contributed by atoms with Crippen molar-refractivity contribution in [3.8, 4) is 0 Å². The van der Waals surface area contributed by atoms with E-state index in [0.717, 1.165) is 6.42 Å². The van der Waals surface area contributed by atoms with E-state index in [2.05, 4.69) is 4.74 Å². The van der Waals surface area contributed by atoms with Crippen LogP contribution < -0.4 is 0 Å². The van der Waals surface area contributed by atoms with Crippen LogP contribution in [0.2, 0.25) is 0 Å². The minimum atomic E-state index is -1.05. The summed E-state index contributed by atoms with van der Waals surface area (Å²) in [5.41, 5.74) is 0. The van der Waals surface area contributed by atoms with E-state index in [1.54, 1.807) is 0 Å². The Morgan fingerprint density at radius 2 is 1.81 bits per heavy atom. The maximum Gasteiger partial charge on any atom is 0.329 e. The Morgan fingerprint density at radius 1 is 1.06 bits per heavy atom. The first-order valence-electron chi connectivity index (χ1n) is 5.23. The van der Waals surface area contributed by atoms with E-state index in [0.29, 0.717) is 19.3 Å². The van der Waals surface area contributed by atoms with Gasteiger partial charge >= 0.3 is 11.9 Å². The zero-order valence-corrected chi connectivity index (χ0v) is 9.18. The Balaban J connectivity index is 3.20. The summed E-state index contributed by atoms with van der Waals surface area (Å²) in [6.07, 6.45) is 2.49. The molecular formula is C10H18O6. The fraction of sp³-hybridized carbons (Fsp3) is 0.800. The first-order valence-corrected chi connectivity index (χ1v) is 5.23. The number of carbonyl (C=O) groups excluding carboxylic acids is 1. The van der Waals surface area contributed by atoms with Crippen LogP contribution in [0.15, 0.2) is 0 Å². The Hall–Kier alpha value is -1.14. The van der Waals surface area contributed by atoms with E-state index in [9.17, 15) is 9.59 Å². The number of ether oxygens (including phenoxy) is 2. The zero-order valence-electron chi connectivity index (χ0n) is 9.18. The van der Waals surface area contributed by atoms with Crippen LogP contribution in [0.25, 0.3) is 0 Å². The highest BCUT2D eigenvalue weighted by Gasteiger charge is 2.02. The number of unbranched alkanes of at least 4 members (excludes halogenated alkanes) is 2. The number of carbonyl (C=O) groups is 2. The van der Waals surface area contributed by atoms with Gasteiger partial charge in [0.1, 0.15) is 13.2 Å². The second-order valence-electron chi connectivity index (χ2n) is 3.20. The molecule has 6 heteroatoms. The van der Waals surface area contributed by atoms with Gasteiger partial charge in [-0.15, -0.1) is 0 Å². The number of aliphatic hydroxyl groups is 1. The van der Waals surface area contributed by atoms with E-state index in [1.807, 2.05) is 0 Å². The van der Waals surface area contributed by atoms with Gasteiger partial charge in [0.15, 0.2) is 0 Å². The largest absolute Gasteiger partial charge is 0.480 e. The molecule has 0 aliphatic heterocycles. The van der Waals surface area contributed by atoms with Crippen molar-refractivity contribution in [2.24, 2.45) is 0 Å². The van der Waals surface area contributed by atoms with E-state index in [1.165, 1.54) is 0 Å². The van der Waals surface area contributed by atoms with Crippen LogP contribution in [0.3, 0.4) is 0 Å². The minimum Gasteiger partial charge on any atom is -0.480 e. The van der Waals surface area contributed by atoms with Crippen molar-refractivity contribution in [3.63, 3.8) is 0 Å². The molecule has 0 saturated carbocycles. The highest BCUT2D eigenvalue weighted by Crippen LogP contribution is 2.00. The number of hydrogen-bond acceptors (Lipinski definition) is 5. The van der Waals surface area contributed by atoms with E-state index < -0.39 is 5.97 Å². The van der Waals surface area contributed by atoms with Crippen molar-refractivity contribution in [1.29, 1.82) is 0 Å². The van der Waals surface area contributed by atoms with Crippen molar-refractivity contribution in [2.75, 3.05) is 26.4 Å². The van der Waals surface area contributed by atoms with Gasteiger partial charge in [-0.3, -0.25) is 4.79 Å². The third-order valence-electron chi connectivity index (χ3n) is 1.76. The number of esters is 1. The highest BCUT2D eigenvalue weighted by atomic mass is 16.6. The Bertz CT molecular complexity index is 203. The summed E-state index contributed by atoms with van der Waals surface area (Å²) >= 11 is 0. The zero-order chi connectivity index (χ0) is 12.2. The van der Waals surface area contributed by atoms with Gasteiger partial charge in [0.2, 0.25) is 0 Å². The monoisotopic (exact) mass is 234 g/mol. The van der Waals surface area contributed by atoms with Crippen molar-refractivity contribution in [2.45, 2.75) is 25.7 Å². The summed E-state index contributed by atoms with van der Waals surface area (Å²) in [7, 11) is 0. The Labute approximate surface area is 94.2 Å². The SMILES string of the molecule is O=C(O)COCCOC(=O)CCCCCO. The van der Waals surface area contributed by atoms with Crippen molar-refractivity contribution >= 4 is 11.9 Å². The van der Waals surface area contributed by atoms with Gasteiger partial charge in [-0.25, -0.2) is 4.79 Å². The molecule has 0 fully saturated rings. The molecule has 0 bridgehead atoms. The Kier molecular flexibility index (Phi) is 9.64. The molecule has 2 N–H and O–H groups in total. The molecule has 0 aliphatic rings. The molecule has 94 valence electrons. The molecule has 6 nitrogen and oxygen atoms in total. The molecule has 0 aliphatic carbocycles. The summed E-state index contributed by atoms with van der Waals surface area (Å²) in [6, 6.07) is 0. The van der Waals surface area contributed by atoms with Crippen molar-refractivity contribution in [1.82, 2.24) is 0 Å². The highest BCUT2D eigenvalue weighted by molar-refractivity contribution is 5.69.